The average Bonchev–Trinajstić information content (AvgIpc) is 2.45. The summed E-state index contributed by atoms with van der Waals surface area (Å²) in [6.45, 7) is 1.33. The number of anilines is 1. The Morgan fingerprint density at radius 1 is 1.25 bits per heavy atom. The van der Waals surface area contributed by atoms with Crippen LogP contribution in [0.1, 0.15) is 21.5 Å². The van der Waals surface area contributed by atoms with Gasteiger partial charge in [0.05, 0.1) is 5.56 Å². The van der Waals surface area contributed by atoms with Crippen LogP contribution >= 0.6 is 15.9 Å². The zero-order valence-corrected chi connectivity index (χ0v) is 12.4. The van der Waals surface area contributed by atoms with Crippen molar-refractivity contribution >= 4 is 27.5 Å². The second-order valence-corrected chi connectivity index (χ2v) is 5.81. The van der Waals surface area contributed by atoms with Crippen LogP contribution in [0, 0.1) is 0 Å². The first-order chi connectivity index (χ1) is 9.63. The SMILES string of the molecule is Nc1ccc2c(c1)CN(C(=O)c1cncc(Br)c1)CC2. The van der Waals surface area contributed by atoms with E-state index in [1.165, 1.54) is 5.56 Å². The zero-order chi connectivity index (χ0) is 14.1. The highest BCUT2D eigenvalue weighted by Crippen LogP contribution is 2.23. The topological polar surface area (TPSA) is 59.2 Å². The molecule has 0 radical (unpaired) electrons. The Bertz CT molecular complexity index is 672. The van der Waals surface area contributed by atoms with Crippen molar-refractivity contribution in [3.05, 3.63) is 57.8 Å². The number of fused-ring (bicyclic) bond motifs is 1. The van der Waals surface area contributed by atoms with Crippen LogP contribution in [0.2, 0.25) is 0 Å². The Labute approximate surface area is 125 Å². The summed E-state index contributed by atoms with van der Waals surface area (Å²) >= 11 is 3.34. The molecule has 0 fully saturated rings. The number of aromatic nitrogens is 1. The molecular weight excluding hydrogens is 318 g/mol. The predicted molar refractivity (Wildman–Crippen MR) is 81.2 cm³/mol. The fourth-order valence-electron chi connectivity index (χ4n) is 2.46. The number of halogens is 1. The van der Waals surface area contributed by atoms with Gasteiger partial charge in [-0.3, -0.25) is 9.78 Å². The lowest BCUT2D eigenvalue weighted by Crippen LogP contribution is -2.36. The van der Waals surface area contributed by atoms with Crippen LogP contribution in [0.5, 0.6) is 0 Å². The summed E-state index contributed by atoms with van der Waals surface area (Å²) in [7, 11) is 0. The molecule has 102 valence electrons. The van der Waals surface area contributed by atoms with Gasteiger partial charge >= 0.3 is 0 Å². The third-order valence-corrected chi connectivity index (χ3v) is 3.92. The second kappa shape index (κ2) is 5.25. The molecule has 1 aliphatic heterocycles. The lowest BCUT2D eigenvalue weighted by Gasteiger charge is -2.29. The predicted octanol–water partition coefficient (Wildman–Crippen LogP) is 2.62. The maximum absolute atomic E-state index is 12.5. The minimum atomic E-state index is 0.00637. The van der Waals surface area contributed by atoms with Gasteiger partial charge in [0.1, 0.15) is 0 Å². The summed E-state index contributed by atoms with van der Waals surface area (Å²) < 4.78 is 0.810. The second-order valence-electron chi connectivity index (χ2n) is 4.90. The molecule has 3 rings (SSSR count). The van der Waals surface area contributed by atoms with Gasteiger partial charge in [0.25, 0.3) is 5.91 Å². The molecule has 0 unspecified atom stereocenters. The molecule has 2 heterocycles. The number of hydrogen-bond acceptors (Lipinski definition) is 3. The van der Waals surface area contributed by atoms with Crippen LogP contribution in [0.4, 0.5) is 5.69 Å². The first kappa shape index (κ1) is 13.1. The minimum absolute atomic E-state index is 0.00637. The number of nitrogen functional groups attached to an aromatic ring is 1. The van der Waals surface area contributed by atoms with E-state index in [1.54, 1.807) is 18.5 Å². The summed E-state index contributed by atoms with van der Waals surface area (Å²) in [5.41, 5.74) is 9.56. The van der Waals surface area contributed by atoms with Crippen molar-refractivity contribution in [2.45, 2.75) is 13.0 Å². The molecule has 2 N–H and O–H groups in total. The number of carbonyl (C=O) groups is 1. The highest BCUT2D eigenvalue weighted by Gasteiger charge is 2.22. The highest BCUT2D eigenvalue weighted by molar-refractivity contribution is 9.10. The third-order valence-electron chi connectivity index (χ3n) is 3.48. The molecule has 4 nitrogen and oxygen atoms in total. The van der Waals surface area contributed by atoms with Gasteiger partial charge in [0.15, 0.2) is 0 Å². The van der Waals surface area contributed by atoms with Crippen LogP contribution < -0.4 is 5.73 Å². The Hall–Kier alpha value is -1.88. The van der Waals surface area contributed by atoms with E-state index in [0.29, 0.717) is 12.1 Å². The van der Waals surface area contributed by atoms with Crippen molar-refractivity contribution in [3.63, 3.8) is 0 Å². The number of rotatable bonds is 1. The fraction of sp³-hybridized carbons (Fsp3) is 0.200. The molecule has 1 aromatic carbocycles. The summed E-state index contributed by atoms with van der Waals surface area (Å²) in [4.78, 5) is 18.4. The molecule has 2 aromatic rings. The summed E-state index contributed by atoms with van der Waals surface area (Å²) in [6, 6.07) is 7.71. The van der Waals surface area contributed by atoms with E-state index < -0.39 is 0 Å². The zero-order valence-electron chi connectivity index (χ0n) is 10.8. The van der Waals surface area contributed by atoms with Crippen LogP contribution in [0.15, 0.2) is 41.1 Å². The van der Waals surface area contributed by atoms with Crippen LogP contribution in [-0.2, 0) is 13.0 Å². The van der Waals surface area contributed by atoms with Gasteiger partial charge in [0.2, 0.25) is 0 Å². The first-order valence-electron chi connectivity index (χ1n) is 6.40. The average molecular weight is 332 g/mol. The molecular formula is C15H14BrN3O. The van der Waals surface area contributed by atoms with E-state index in [1.807, 2.05) is 23.1 Å². The van der Waals surface area contributed by atoms with E-state index in [4.69, 9.17) is 5.73 Å². The van der Waals surface area contributed by atoms with Crippen molar-refractivity contribution in [3.8, 4) is 0 Å². The molecule has 0 spiro atoms. The van der Waals surface area contributed by atoms with E-state index >= 15 is 0 Å². The monoisotopic (exact) mass is 331 g/mol. The van der Waals surface area contributed by atoms with Crippen LogP contribution in [-0.4, -0.2) is 22.3 Å². The number of amides is 1. The molecule has 0 saturated heterocycles. The summed E-state index contributed by atoms with van der Waals surface area (Å²) in [6.07, 6.45) is 4.13. The number of nitrogens with two attached hydrogens (primary N) is 1. The van der Waals surface area contributed by atoms with Crippen molar-refractivity contribution in [1.29, 1.82) is 0 Å². The van der Waals surface area contributed by atoms with Gasteiger partial charge in [-0.1, -0.05) is 6.07 Å². The summed E-state index contributed by atoms with van der Waals surface area (Å²) in [5.74, 6) is 0.00637. The lowest BCUT2D eigenvalue weighted by atomic mass is 9.98. The normalized spacial score (nSPS) is 13.9. The van der Waals surface area contributed by atoms with Crippen molar-refractivity contribution < 1.29 is 4.79 Å². The van der Waals surface area contributed by atoms with Gasteiger partial charge in [-0.2, -0.15) is 0 Å². The van der Waals surface area contributed by atoms with Gasteiger partial charge in [-0.25, -0.2) is 0 Å². The minimum Gasteiger partial charge on any atom is -0.399 e. The first-order valence-corrected chi connectivity index (χ1v) is 7.20. The Morgan fingerprint density at radius 2 is 2.10 bits per heavy atom. The highest BCUT2D eigenvalue weighted by atomic mass is 79.9. The molecule has 0 bridgehead atoms. The van der Waals surface area contributed by atoms with Crippen molar-refractivity contribution in [2.75, 3.05) is 12.3 Å². The Balaban J connectivity index is 1.84. The molecule has 1 amide bonds. The lowest BCUT2D eigenvalue weighted by molar-refractivity contribution is 0.0734. The number of hydrogen-bond donors (Lipinski definition) is 1. The molecule has 1 aromatic heterocycles. The van der Waals surface area contributed by atoms with Gasteiger partial charge < -0.3 is 10.6 Å². The standard InChI is InChI=1S/C15H14BrN3O/c16-13-5-11(7-18-8-13)15(20)19-4-3-10-1-2-14(17)6-12(10)9-19/h1-2,5-8H,3-4,9,17H2. The van der Waals surface area contributed by atoms with Crippen LogP contribution in [0.3, 0.4) is 0 Å². The van der Waals surface area contributed by atoms with E-state index in [-0.39, 0.29) is 5.91 Å². The third kappa shape index (κ3) is 2.54. The molecule has 0 atom stereocenters. The quantitative estimate of drug-likeness (QED) is 0.817. The molecule has 0 saturated carbocycles. The smallest absolute Gasteiger partial charge is 0.255 e. The number of nitrogens with zero attached hydrogens (tertiary/aromatic N) is 2. The Morgan fingerprint density at radius 3 is 2.90 bits per heavy atom. The molecule has 20 heavy (non-hydrogen) atoms. The van der Waals surface area contributed by atoms with Gasteiger partial charge in [-0.15, -0.1) is 0 Å². The number of benzene rings is 1. The largest absolute Gasteiger partial charge is 0.399 e. The molecule has 5 heteroatoms. The molecule has 0 aliphatic carbocycles. The maximum atomic E-state index is 12.5. The van der Waals surface area contributed by atoms with Crippen molar-refractivity contribution in [1.82, 2.24) is 9.88 Å². The van der Waals surface area contributed by atoms with E-state index in [2.05, 4.69) is 20.9 Å². The summed E-state index contributed by atoms with van der Waals surface area (Å²) in [5, 5.41) is 0. The van der Waals surface area contributed by atoms with Gasteiger partial charge in [-0.05, 0) is 51.7 Å². The van der Waals surface area contributed by atoms with Crippen molar-refractivity contribution in [2.24, 2.45) is 0 Å². The number of pyridine rings is 1. The van der Waals surface area contributed by atoms with Gasteiger partial charge in [0, 0.05) is 35.6 Å². The van der Waals surface area contributed by atoms with Crippen LogP contribution in [0.25, 0.3) is 0 Å². The van der Waals surface area contributed by atoms with E-state index in [0.717, 1.165) is 28.7 Å². The maximum Gasteiger partial charge on any atom is 0.255 e. The number of carbonyl (C=O) groups excluding carboxylic acids is 1. The fourth-order valence-corrected chi connectivity index (χ4v) is 2.83. The Kier molecular flexibility index (Phi) is 3.44. The molecule has 1 aliphatic rings. The van der Waals surface area contributed by atoms with E-state index in [9.17, 15) is 4.79 Å².